The van der Waals surface area contributed by atoms with Crippen molar-refractivity contribution in [3.63, 3.8) is 0 Å². The third kappa shape index (κ3) is 2.88. The highest BCUT2D eigenvalue weighted by atomic mass is 16.5. The molecular formula is C14H14N2O3. The average molecular weight is 258 g/mol. The summed E-state index contributed by atoms with van der Waals surface area (Å²) < 4.78 is 10.4. The van der Waals surface area contributed by atoms with Crippen LogP contribution < -0.4 is 9.47 Å². The summed E-state index contributed by atoms with van der Waals surface area (Å²) in [5.41, 5.74) is 1.82. The molecule has 2 aromatic rings. The van der Waals surface area contributed by atoms with Gasteiger partial charge in [-0.15, -0.1) is 0 Å². The van der Waals surface area contributed by atoms with Crippen molar-refractivity contribution in [3.8, 4) is 22.9 Å². The Morgan fingerprint density at radius 1 is 1.00 bits per heavy atom. The Kier molecular flexibility index (Phi) is 3.75. The first-order chi connectivity index (χ1) is 9.16. The number of aromatic nitrogens is 2. The number of ether oxygens (including phenoxy) is 2. The minimum absolute atomic E-state index is 0.351. The molecule has 0 fully saturated rings. The van der Waals surface area contributed by atoms with Crippen molar-refractivity contribution in [1.82, 2.24) is 9.97 Å². The predicted molar refractivity (Wildman–Crippen MR) is 70.7 cm³/mol. The van der Waals surface area contributed by atoms with Crippen LogP contribution in [0.1, 0.15) is 16.2 Å². The third-order valence-electron chi connectivity index (χ3n) is 2.60. The molecule has 0 N–H and O–H groups in total. The van der Waals surface area contributed by atoms with Crippen LogP contribution in [0.15, 0.2) is 24.3 Å². The Balaban J connectivity index is 2.57. The van der Waals surface area contributed by atoms with E-state index in [1.807, 2.05) is 6.92 Å². The topological polar surface area (TPSA) is 61.3 Å². The van der Waals surface area contributed by atoms with Gasteiger partial charge in [-0.05, 0) is 25.1 Å². The fourth-order valence-corrected chi connectivity index (χ4v) is 1.72. The molecule has 0 saturated heterocycles. The van der Waals surface area contributed by atoms with E-state index in [4.69, 9.17) is 9.47 Å². The van der Waals surface area contributed by atoms with Crippen LogP contribution in [-0.2, 0) is 0 Å². The number of aryl methyl sites for hydroxylation is 1. The molecular weight excluding hydrogens is 244 g/mol. The number of benzene rings is 1. The molecule has 5 heteroatoms. The quantitative estimate of drug-likeness (QED) is 0.787. The number of nitrogens with zero attached hydrogens (tertiary/aromatic N) is 2. The molecule has 5 nitrogen and oxygen atoms in total. The molecule has 1 heterocycles. The standard InChI is InChI=1S/C14H14N2O3/c1-9-4-11(8-17)16-14(15-9)10-5-12(18-2)7-13(6-10)19-3/h4-8H,1-3H3. The molecule has 0 aliphatic rings. The van der Waals surface area contributed by atoms with E-state index in [0.717, 1.165) is 11.3 Å². The van der Waals surface area contributed by atoms with Crippen molar-refractivity contribution in [1.29, 1.82) is 0 Å². The maximum atomic E-state index is 10.8. The molecule has 0 amide bonds. The summed E-state index contributed by atoms with van der Waals surface area (Å²) >= 11 is 0. The summed E-state index contributed by atoms with van der Waals surface area (Å²) in [6.07, 6.45) is 0.704. The van der Waals surface area contributed by atoms with Crippen molar-refractivity contribution in [3.05, 3.63) is 35.7 Å². The third-order valence-corrected chi connectivity index (χ3v) is 2.60. The number of rotatable bonds is 4. The first-order valence-electron chi connectivity index (χ1n) is 5.70. The Morgan fingerprint density at radius 2 is 1.63 bits per heavy atom. The lowest BCUT2D eigenvalue weighted by Gasteiger charge is -2.08. The van der Waals surface area contributed by atoms with Gasteiger partial charge in [0, 0.05) is 17.3 Å². The van der Waals surface area contributed by atoms with Crippen LogP contribution >= 0.6 is 0 Å². The summed E-state index contributed by atoms with van der Waals surface area (Å²) in [6, 6.07) is 6.99. The largest absolute Gasteiger partial charge is 0.497 e. The number of aldehydes is 1. The second-order valence-corrected chi connectivity index (χ2v) is 3.98. The molecule has 0 spiro atoms. The van der Waals surface area contributed by atoms with Gasteiger partial charge in [0.15, 0.2) is 12.1 Å². The van der Waals surface area contributed by atoms with Crippen molar-refractivity contribution >= 4 is 6.29 Å². The van der Waals surface area contributed by atoms with Crippen LogP contribution in [0.2, 0.25) is 0 Å². The van der Waals surface area contributed by atoms with E-state index in [-0.39, 0.29) is 0 Å². The van der Waals surface area contributed by atoms with Gasteiger partial charge in [-0.25, -0.2) is 9.97 Å². The molecule has 1 aromatic carbocycles. The normalized spacial score (nSPS) is 10.1. The molecule has 19 heavy (non-hydrogen) atoms. The summed E-state index contributed by atoms with van der Waals surface area (Å²) in [6.45, 7) is 1.82. The maximum absolute atomic E-state index is 10.8. The smallest absolute Gasteiger partial charge is 0.168 e. The van der Waals surface area contributed by atoms with Crippen molar-refractivity contribution in [2.45, 2.75) is 6.92 Å². The molecule has 0 bridgehead atoms. The molecule has 0 aliphatic carbocycles. The molecule has 0 radical (unpaired) electrons. The summed E-state index contributed by atoms with van der Waals surface area (Å²) in [5.74, 6) is 1.76. The van der Waals surface area contributed by atoms with Gasteiger partial charge in [-0.3, -0.25) is 4.79 Å². The minimum atomic E-state index is 0.351. The number of hydrogen-bond acceptors (Lipinski definition) is 5. The molecule has 0 unspecified atom stereocenters. The van der Waals surface area contributed by atoms with Gasteiger partial charge in [0.25, 0.3) is 0 Å². The number of carbonyl (C=O) groups is 1. The van der Waals surface area contributed by atoms with Crippen LogP contribution in [0.5, 0.6) is 11.5 Å². The van der Waals surface area contributed by atoms with E-state index in [0.29, 0.717) is 29.3 Å². The van der Waals surface area contributed by atoms with Gasteiger partial charge in [0.05, 0.1) is 14.2 Å². The molecule has 2 rings (SSSR count). The van der Waals surface area contributed by atoms with Crippen LogP contribution in [-0.4, -0.2) is 30.5 Å². The Bertz CT molecular complexity index is 589. The van der Waals surface area contributed by atoms with Crippen molar-refractivity contribution in [2.75, 3.05) is 14.2 Å². The lowest BCUT2D eigenvalue weighted by Crippen LogP contribution is -1.98. The maximum Gasteiger partial charge on any atom is 0.168 e. The molecule has 0 atom stereocenters. The molecule has 98 valence electrons. The highest BCUT2D eigenvalue weighted by molar-refractivity contribution is 5.73. The van der Waals surface area contributed by atoms with E-state index >= 15 is 0 Å². The average Bonchev–Trinajstić information content (AvgIpc) is 2.45. The fourth-order valence-electron chi connectivity index (χ4n) is 1.72. The summed E-state index contributed by atoms with van der Waals surface area (Å²) in [7, 11) is 3.15. The Morgan fingerprint density at radius 3 is 2.16 bits per heavy atom. The first kappa shape index (κ1) is 13.0. The number of hydrogen-bond donors (Lipinski definition) is 0. The lowest BCUT2D eigenvalue weighted by molar-refractivity contribution is 0.111. The summed E-state index contributed by atoms with van der Waals surface area (Å²) in [4.78, 5) is 19.4. The Hall–Kier alpha value is -2.43. The molecule has 0 aliphatic heterocycles. The van der Waals surface area contributed by atoms with Gasteiger partial charge in [-0.2, -0.15) is 0 Å². The van der Waals surface area contributed by atoms with Gasteiger partial charge in [-0.1, -0.05) is 0 Å². The second-order valence-electron chi connectivity index (χ2n) is 3.98. The number of methoxy groups -OCH3 is 2. The van der Waals surface area contributed by atoms with Crippen LogP contribution in [0.3, 0.4) is 0 Å². The number of carbonyl (C=O) groups excluding carboxylic acids is 1. The fraction of sp³-hybridized carbons (Fsp3) is 0.214. The zero-order valence-electron chi connectivity index (χ0n) is 11.0. The van der Waals surface area contributed by atoms with Crippen LogP contribution in [0.4, 0.5) is 0 Å². The monoisotopic (exact) mass is 258 g/mol. The van der Waals surface area contributed by atoms with Crippen LogP contribution in [0.25, 0.3) is 11.4 Å². The summed E-state index contributed by atoms with van der Waals surface area (Å²) in [5, 5.41) is 0. The van der Waals surface area contributed by atoms with E-state index < -0.39 is 0 Å². The van der Waals surface area contributed by atoms with E-state index in [9.17, 15) is 4.79 Å². The van der Waals surface area contributed by atoms with Crippen LogP contribution in [0, 0.1) is 6.92 Å². The molecule has 1 aromatic heterocycles. The zero-order chi connectivity index (χ0) is 13.8. The van der Waals surface area contributed by atoms with Crippen molar-refractivity contribution in [2.24, 2.45) is 0 Å². The van der Waals surface area contributed by atoms with Gasteiger partial charge >= 0.3 is 0 Å². The van der Waals surface area contributed by atoms with E-state index in [1.165, 1.54) is 0 Å². The molecule has 0 saturated carbocycles. The van der Waals surface area contributed by atoms with E-state index in [1.54, 1.807) is 38.5 Å². The van der Waals surface area contributed by atoms with Crippen molar-refractivity contribution < 1.29 is 14.3 Å². The highest BCUT2D eigenvalue weighted by Crippen LogP contribution is 2.27. The van der Waals surface area contributed by atoms with Gasteiger partial charge in [0.1, 0.15) is 17.2 Å². The lowest BCUT2D eigenvalue weighted by atomic mass is 10.1. The first-order valence-corrected chi connectivity index (χ1v) is 5.70. The zero-order valence-corrected chi connectivity index (χ0v) is 11.0. The predicted octanol–water partition coefficient (Wildman–Crippen LogP) is 2.28. The SMILES string of the molecule is COc1cc(OC)cc(-c2nc(C)cc(C=O)n2)c1. The minimum Gasteiger partial charge on any atom is -0.497 e. The Labute approximate surface area is 111 Å². The van der Waals surface area contributed by atoms with E-state index in [2.05, 4.69) is 9.97 Å². The second kappa shape index (κ2) is 5.48. The van der Waals surface area contributed by atoms with Gasteiger partial charge < -0.3 is 9.47 Å². The highest BCUT2D eigenvalue weighted by Gasteiger charge is 2.08. The van der Waals surface area contributed by atoms with Gasteiger partial charge in [0.2, 0.25) is 0 Å².